The summed E-state index contributed by atoms with van der Waals surface area (Å²) < 4.78 is 2.80. The summed E-state index contributed by atoms with van der Waals surface area (Å²) in [4.78, 5) is 8.07. The van der Waals surface area contributed by atoms with Gasteiger partial charge in [0, 0.05) is 65.8 Å². The molecule has 3 nitrogen and oxygen atoms in total. The van der Waals surface area contributed by atoms with Crippen molar-refractivity contribution in [1.29, 1.82) is 0 Å². The Bertz CT molecular complexity index is 4950. The van der Waals surface area contributed by atoms with Crippen molar-refractivity contribution in [2.75, 3.05) is 14.7 Å². The van der Waals surface area contributed by atoms with E-state index in [9.17, 15) is 0 Å². The summed E-state index contributed by atoms with van der Waals surface area (Å²) in [5, 5.41) is 1.37. The topological polar surface area (TPSA) is 9.72 Å². The van der Waals surface area contributed by atoms with Crippen LogP contribution in [-0.2, 0) is 43.3 Å². The van der Waals surface area contributed by atoms with Gasteiger partial charge in [-0.25, -0.2) is 0 Å². The van der Waals surface area contributed by atoms with E-state index in [1.54, 1.807) is 5.56 Å². The van der Waals surface area contributed by atoms with Gasteiger partial charge in [-0.3, -0.25) is 0 Å². The van der Waals surface area contributed by atoms with Crippen LogP contribution in [0.25, 0.3) is 32.3 Å². The maximum absolute atomic E-state index is 2.77. The smallest absolute Gasteiger partial charge is 0.264 e. The molecule has 17 rings (SSSR count). The summed E-state index contributed by atoms with van der Waals surface area (Å²) in [5.41, 5.74) is 32.6. The van der Waals surface area contributed by atoms with E-state index in [2.05, 4.69) is 340 Å². The number of benzene rings is 9. The van der Waals surface area contributed by atoms with Crippen molar-refractivity contribution in [3.05, 3.63) is 226 Å². The summed E-state index contributed by atoms with van der Waals surface area (Å²) >= 11 is 2.06. The Morgan fingerprint density at radius 2 is 0.970 bits per heavy atom. The van der Waals surface area contributed by atoms with Crippen LogP contribution >= 0.6 is 11.3 Å². The van der Waals surface area contributed by atoms with Crippen LogP contribution < -0.4 is 30.4 Å². The van der Waals surface area contributed by atoms with Crippen LogP contribution in [0, 0.1) is 16.7 Å². The predicted molar refractivity (Wildman–Crippen MR) is 428 cm³/mol. The second kappa shape index (κ2) is 21.0. The molecule has 0 amide bonds. The molecule has 504 valence electrons. The lowest BCUT2D eigenvalue weighted by atomic mass is 9.36. The zero-order valence-electron chi connectivity index (χ0n) is 63.1. The van der Waals surface area contributed by atoms with Gasteiger partial charge in [-0.1, -0.05) is 229 Å². The molecule has 3 atom stereocenters. The quantitative estimate of drug-likeness (QED) is 0.154. The molecule has 1 aromatic heterocycles. The largest absolute Gasteiger partial charge is 0.311 e. The monoisotopic (exact) mass is 1320 g/mol. The van der Waals surface area contributed by atoms with E-state index in [1.807, 2.05) is 0 Å². The number of fused-ring (bicyclic) bond motifs is 16. The molecule has 2 fully saturated rings. The van der Waals surface area contributed by atoms with Crippen LogP contribution in [0.2, 0.25) is 0 Å². The summed E-state index contributed by atoms with van der Waals surface area (Å²) in [6, 6.07) is 71.6. The van der Waals surface area contributed by atoms with Crippen molar-refractivity contribution < 1.29 is 0 Å². The van der Waals surface area contributed by atoms with Gasteiger partial charge in [0.2, 0.25) is 0 Å². The van der Waals surface area contributed by atoms with Crippen LogP contribution in [0.5, 0.6) is 0 Å². The standard InChI is InChI=1S/C94H104BN3S/c1-85(2,3)58-30-36-62(37-31-58)96(63-38-32-59(33-39-63)86(4,5)6)66-41-43-76-77(53-66)97(65-40-42-69-68-24-21-22-26-71(68)94(73(69)52-65)56-60-44-45-93(94,20)92(60,18)19)78-50-61(87(7,8)9)51-79-82(78)95(76)84-83(70-54-74-75(55-80(70)99-84)90(14,15)47-46-89(74,12)13)98(79)64-34-28-57(29-35-64)67-25-23-27-72-81(67)91(16,17)49-48-88(72,10)11/h21-43,50-55,60H,44-49,56H2,1-20H3. The normalized spacial score (nSPS) is 22.2. The summed E-state index contributed by atoms with van der Waals surface area (Å²) in [7, 11) is 0. The molecule has 99 heavy (non-hydrogen) atoms. The number of rotatable bonds is 6. The van der Waals surface area contributed by atoms with Crippen molar-refractivity contribution >= 4 is 95.0 Å². The number of nitrogens with zero attached hydrogens (tertiary/aromatic N) is 3. The van der Waals surface area contributed by atoms with E-state index in [-0.39, 0.29) is 60.9 Å². The van der Waals surface area contributed by atoms with Gasteiger partial charge in [-0.2, -0.15) is 0 Å². The van der Waals surface area contributed by atoms with Crippen LogP contribution in [0.1, 0.15) is 233 Å². The minimum Gasteiger partial charge on any atom is -0.311 e. The maximum Gasteiger partial charge on any atom is 0.264 e. The zero-order chi connectivity index (χ0) is 69.6. The first-order valence-electron chi connectivity index (χ1n) is 37.6. The maximum atomic E-state index is 2.77. The Morgan fingerprint density at radius 3 is 1.57 bits per heavy atom. The van der Waals surface area contributed by atoms with Gasteiger partial charge in [0.15, 0.2) is 0 Å². The Hall–Kier alpha value is -7.60. The lowest BCUT2D eigenvalue weighted by Crippen LogP contribution is -2.60. The number of hydrogen-bond acceptors (Lipinski definition) is 4. The first-order chi connectivity index (χ1) is 46.5. The first-order valence-corrected chi connectivity index (χ1v) is 38.4. The second-order valence-corrected chi connectivity index (χ2v) is 39.2. The predicted octanol–water partition coefficient (Wildman–Crippen LogP) is 24.8. The molecule has 5 aliphatic carbocycles. The minimum atomic E-state index is -0.203. The average Bonchev–Trinajstić information content (AvgIpc) is 1.50. The fourth-order valence-electron chi connectivity index (χ4n) is 20.7. The van der Waals surface area contributed by atoms with Gasteiger partial charge < -0.3 is 14.7 Å². The van der Waals surface area contributed by atoms with Crippen molar-refractivity contribution in [3.8, 4) is 22.3 Å². The van der Waals surface area contributed by atoms with E-state index in [0.29, 0.717) is 5.92 Å². The third-order valence-corrected chi connectivity index (χ3v) is 28.5. The molecular formula is C94H104BN3S. The highest BCUT2D eigenvalue weighted by molar-refractivity contribution is 7.33. The van der Waals surface area contributed by atoms with E-state index in [1.165, 1.54) is 165 Å². The first kappa shape index (κ1) is 64.8. The van der Waals surface area contributed by atoms with Gasteiger partial charge in [-0.15, -0.1) is 11.3 Å². The van der Waals surface area contributed by atoms with Gasteiger partial charge in [0.25, 0.3) is 6.71 Å². The van der Waals surface area contributed by atoms with Crippen molar-refractivity contribution in [1.82, 2.24) is 0 Å². The lowest BCUT2D eigenvalue weighted by molar-refractivity contribution is 0.0990. The van der Waals surface area contributed by atoms with E-state index in [4.69, 9.17) is 0 Å². The number of hydrogen-bond donors (Lipinski definition) is 0. The molecule has 10 aromatic rings. The van der Waals surface area contributed by atoms with Crippen molar-refractivity contribution in [2.24, 2.45) is 16.7 Å². The molecule has 2 bridgehead atoms. The molecule has 7 aliphatic rings. The molecule has 0 N–H and O–H groups in total. The Labute approximate surface area is 597 Å². The van der Waals surface area contributed by atoms with Gasteiger partial charge in [-0.05, 0) is 268 Å². The van der Waals surface area contributed by atoms with Crippen molar-refractivity contribution in [3.63, 3.8) is 0 Å². The van der Waals surface area contributed by atoms with Gasteiger partial charge in [0.05, 0.1) is 5.69 Å². The second-order valence-electron chi connectivity index (χ2n) is 38.1. The fourth-order valence-corrected chi connectivity index (χ4v) is 22.0. The molecule has 3 unspecified atom stereocenters. The van der Waals surface area contributed by atoms with Crippen LogP contribution in [0.3, 0.4) is 0 Å². The SMILES string of the molecule is CC(C)(C)c1ccc(N(c2ccc(C(C)(C)C)cc2)c2ccc3c(c2)N(c2ccc4c(c2)C2(CC5CCC2(C)C5(C)C)c2ccccc2-4)c2cc(C(C)(C)C)cc4c2B3c2sc3cc5c(cc3c2N4c2ccc(-c3cccc4c3C(C)(C)CCC4(C)C)cc2)C(C)(C)CCC5(C)C)cc1. The van der Waals surface area contributed by atoms with E-state index >= 15 is 0 Å². The molecule has 9 aromatic carbocycles. The highest BCUT2D eigenvalue weighted by atomic mass is 32.1. The number of thiophene rings is 1. The highest BCUT2D eigenvalue weighted by Crippen LogP contribution is 2.78. The molecule has 1 spiro atoms. The molecule has 0 saturated heterocycles. The average molecular weight is 1320 g/mol. The summed E-state index contributed by atoms with van der Waals surface area (Å²) in [6.07, 6.45) is 8.42. The van der Waals surface area contributed by atoms with E-state index < -0.39 is 0 Å². The van der Waals surface area contributed by atoms with Crippen LogP contribution in [0.15, 0.2) is 176 Å². The molecule has 2 aliphatic heterocycles. The molecular weight excluding hydrogens is 1210 g/mol. The summed E-state index contributed by atoms with van der Waals surface area (Å²) in [6.45, 7) is 49.0. The van der Waals surface area contributed by atoms with Crippen molar-refractivity contribution in [2.45, 2.75) is 227 Å². The Morgan fingerprint density at radius 1 is 0.434 bits per heavy atom. The van der Waals surface area contributed by atoms with Crippen LogP contribution in [-0.4, -0.2) is 6.71 Å². The third kappa shape index (κ3) is 9.25. The third-order valence-electron chi connectivity index (χ3n) is 27.3. The Balaban J connectivity index is 0.959. The molecule has 3 heterocycles. The minimum absolute atomic E-state index is 0.0101. The highest BCUT2D eigenvalue weighted by Gasteiger charge is 2.71. The lowest BCUT2D eigenvalue weighted by Gasteiger charge is -2.48. The van der Waals surface area contributed by atoms with Crippen LogP contribution in [0.4, 0.5) is 51.2 Å². The summed E-state index contributed by atoms with van der Waals surface area (Å²) in [5.74, 6) is 0.649. The number of anilines is 9. The van der Waals surface area contributed by atoms with Gasteiger partial charge in [0.1, 0.15) is 0 Å². The Kier molecular flexibility index (Phi) is 13.8. The molecule has 0 radical (unpaired) electrons. The molecule has 5 heteroatoms. The van der Waals surface area contributed by atoms with E-state index in [0.717, 1.165) is 23.5 Å². The van der Waals surface area contributed by atoms with Gasteiger partial charge >= 0.3 is 0 Å². The zero-order valence-corrected chi connectivity index (χ0v) is 63.9. The molecule has 2 saturated carbocycles. The fraction of sp³-hybridized carbons (Fsp3) is 0.404.